The molecular weight excluding hydrogens is 284 g/mol. The van der Waals surface area contributed by atoms with Crippen LogP contribution in [0.2, 0.25) is 0 Å². The van der Waals surface area contributed by atoms with Crippen LogP contribution in [0.1, 0.15) is 5.56 Å². The van der Waals surface area contributed by atoms with Gasteiger partial charge in [0.1, 0.15) is 11.8 Å². The summed E-state index contributed by atoms with van der Waals surface area (Å²) in [6.45, 7) is 0. The Morgan fingerprint density at radius 1 is 1.00 bits per heavy atom. The maximum atomic E-state index is 11.9. The molecule has 22 heavy (non-hydrogen) atoms. The standard InChI is InChI=1S/C16H16N2O4/c19-14-9-5-4-6-11(14)10-13(15(20)21)18-16(22)17-12-7-2-1-3-8-12/h1-9,13,19H,10H2,(H,20,21)(H2,17,18,22)/t13-/m0/s1. The monoisotopic (exact) mass is 300 g/mol. The summed E-state index contributed by atoms with van der Waals surface area (Å²) in [7, 11) is 0. The molecule has 0 unspecified atom stereocenters. The molecule has 0 saturated carbocycles. The van der Waals surface area contributed by atoms with E-state index in [0.717, 1.165) is 0 Å². The first-order valence-electron chi connectivity index (χ1n) is 6.68. The number of carboxylic acid groups (broad SMARTS) is 1. The maximum Gasteiger partial charge on any atom is 0.326 e. The number of hydrogen-bond acceptors (Lipinski definition) is 3. The Morgan fingerprint density at radius 3 is 2.27 bits per heavy atom. The van der Waals surface area contributed by atoms with Crippen LogP contribution in [0.25, 0.3) is 0 Å². The van der Waals surface area contributed by atoms with E-state index in [4.69, 9.17) is 0 Å². The first-order valence-corrected chi connectivity index (χ1v) is 6.68. The average Bonchev–Trinajstić information content (AvgIpc) is 2.49. The van der Waals surface area contributed by atoms with E-state index in [1.165, 1.54) is 6.07 Å². The summed E-state index contributed by atoms with van der Waals surface area (Å²) < 4.78 is 0. The fourth-order valence-electron chi connectivity index (χ4n) is 1.95. The molecule has 0 aliphatic carbocycles. The van der Waals surface area contributed by atoms with Crippen molar-refractivity contribution in [1.29, 1.82) is 0 Å². The van der Waals surface area contributed by atoms with Crippen molar-refractivity contribution in [3.05, 3.63) is 60.2 Å². The molecular formula is C16H16N2O4. The summed E-state index contributed by atoms with van der Waals surface area (Å²) in [6, 6.07) is 13.4. The van der Waals surface area contributed by atoms with Crippen molar-refractivity contribution in [2.45, 2.75) is 12.5 Å². The smallest absolute Gasteiger partial charge is 0.326 e. The van der Waals surface area contributed by atoms with Crippen molar-refractivity contribution < 1.29 is 19.8 Å². The Balaban J connectivity index is 2.01. The van der Waals surface area contributed by atoms with Crippen LogP contribution in [0, 0.1) is 0 Å². The zero-order chi connectivity index (χ0) is 15.9. The number of urea groups is 1. The Bertz CT molecular complexity index is 658. The third-order valence-electron chi connectivity index (χ3n) is 3.05. The third-order valence-corrected chi connectivity index (χ3v) is 3.05. The lowest BCUT2D eigenvalue weighted by Crippen LogP contribution is -2.44. The second kappa shape index (κ2) is 7.12. The second-order valence-corrected chi connectivity index (χ2v) is 4.69. The highest BCUT2D eigenvalue weighted by Crippen LogP contribution is 2.17. The Labute approximate surface area is 127 Å². The van der Waals surface area contributed by atoms with Gasteiger partial charge >= 0.3 is 12.0 Å². The van der Waals surface area contributed by atoms with Gasteiger partial charge in [0.25, 0.3) is 0 Å². The number of anilines is 1. The molecule has 2 aromatic rings. The Hall–Kier alpha value is -3.02. The first kappa shape index (κ1) is 15.4. The molecule has 0 radical (unpaired) electrons. The van der Waals surface area contributed by atoms with Gasteiger partial charge in [-0.05, 0) is 23.8 Å². The highest BCUT2D eigenvalue weighted by molar-refractivity contribution is 5.92. The summed E-state index contributed by atoms with van der Waals surface area (Å²) >= 11 is 0. The van der Waals surface area contributed by atoms with E-state index in [0.29, 0.717) is 11.3 Å². The highest BCUT2D eigenvalue weighted by atomic mass is 16.4. The van der Waals surface area contributed by atoms with Crippen LogP contribution >= 0.6 is 0 Å². The quantitative estimate of drug-likeness (QED) is 0.680. The van der Waals surface area contributed by atoms with Gasteiger partial charge in [0.05, 0.1) is 0 Å². The lowest BCUT2D eigenvalue weighted by atomic mass is 10.1. The van der Waals surface area contributed by atoms with Crippen molar-refractivity contribution in [1.82, 2.24) is 5.32 Å². The molecule has 0 aliphatic rings. The predicted molar refractivity (Wildman–Crippen MR) is 81.8 cm³/mol. The second-order valence-electron chi connectivity index (χ2n) is 4.69. The molecule has 0 spiro atoms. The fourth-order valence-corrected chi connectivity index (χ4v) is 1.95. The van der Waals surface area contributed by atoms with Crippen molar-refractivity contribution in [3.63, 3.8) is 0 Å². The molecule has 0 fully saturated rings. The van der Waals surface area contributed by atoms with Crippen LogP contribution in [-0.2, 0) is 11.2 Å². The van der Waals surface area contributed by atoms with Gasteiger partial charge in [0.2, 0.25) is 0 Å². The van der Waals surface area contributed by atoms with Gasteiger partial charge in [-0.3, -0.25) is 0 Å². The van der Waals surface area contributed by atoms with Gasteiger partial charge in [-0.1, -0.05) is 36.4 Å². The minimum absolute atomic E-state index is 0.000910. The predicted octanol–water partition coefficient (Wildman–Crippen LogP) is 2.21. The van der Waals surface area contributed by atoms with Gasteiger partial charge in [0, 0.05) is 12.1 Å². The largest absolute Gasteiger partial charge is 0.508 e. The lowest BCUT2D eigenvalue weighted by Gasteiger charge is -2.16. The van der Waals surface area contributed by atoms with Crippen molar-refractivity contribution in [2.75, 3.05) is 5.32 Å². The lowest BCUT2D eigenvalue weighted by molar-refractivity contribution is -0.139. The fraction of sp³-hybridized carbons (Fsp3) is 0.125. The number of nitrogens with one attached hydrogen (secondary N) is 2. The molecule has 0 saturated heterocycles. The molecule has 1 atom stereocenters. The molecule has 2 rings (SSSR count). The van der Waals surface area contributed by atoms with E-state index in [1.54, 1.807) is 48.5 Å². The van der Waals surface area contributed by atoms with E-state index >= 15 is 0 Å². The summed E-state index contributed by atoms with van der Waals surface area (Å²) in [4.78, 5) is 23.1. The maximum absolute atomic E-state index is 11.9. The van der Waals surface area contributed by atoms with Gasteiger partial charge < -0.3 is 20.8 Å². The number of phenols is 1. The molecule has 0 aliphatic heterocycles. The SMILES string of the molecule is O=C(Nc1ccccc1)N[C@@H](Cc1ccccc1O)C(=O)O. The molecule has 0 heterocycles. The number of phenolic OH excluding ortho intramolecular Hbond substituents is 1. The number of carbonyl (C=O) groups excluding carboxylic acids is 1. The summed E-state index contributed by atoms with van der Waals surface area (Å²) in [5.41, 5.74) is 1.02. The van der Waals surface area contributed by atoms with E-state index in [1.807, 2.05) is 0 Å². The van der Waals surface area contributed by atoms with E-state index in [2.05, 4.69) is 10.6 Å². The van der Waals surface area contributed by atoms with Crippen molar-refractivity contribution >= 4 is 17.7 Å². The van der Waals surface area contributed by atoms with Crippen LogP contribution in [0.15, 0.2) is 54.6 Å². The van der Waals surface area contributed by atoms with Crippen LogP contribution in [0.3, 0.4) is 0 Å². The van der Waals surface area contributed by atoms with Crippen molar-refractivity contribution in [2.24, 2.45) is 0 Å². The zero-order valence-electron chi connectivity index (χ0n) is 11.7. The molecule has 4 N–H and O–H groups in total. The molecule has 0 bridgehead atoms. The number of amides is 2. The molecule has 6 nitrogen and oxygen atoms in total. The number of benzene rings is 2. The van der Waals surface area contributed by atoms with Gasteiger partial charge in [-0.2, -0.15) is 0 Å². The zero-order valence-corrected chi connectivity index (χ0v) is 11.7. The van der Waals surface area contributed by atoms with Crippen LogP contribution in [0.5, 0.6) is 5.75 Å². The van der Waals surface area contributed by atoms with E-state index < -0.39 is 18.0 Å². The first-order chi connectivity index (χ1) is 10.6. The minimum Gasteiger partial charge on any atom is -0.508 e. The number of aromatic hydroxyl groups is 1. The van der Waals surface area contributed by atoms with Gasteiger partial charge in [-0.15, -0.1) is 0 Å². The number of hydrogen-bond donors (Lipinski definition) is 4. The summed E-state index contributed by atoms with van der Waals surface area (Å²) in [6.07, 6.45) is -0.00971. The van der Waals surface area contributed by atoms with E-state index in [-0.39, 0.29) is 12.2 Å². The topological polar surface area (TPSA) is 98.7 Å². The number of carbonyl (C=O) groups is 2. The van der Waals surface area contributed by atoms with Crippen molar-refractivity contribution in [3.8, 4) is 5.75 Å². The number of aliphatic carboxylic acids is 1. The molecule has 6 heteroatoms. The molecule has 2 amide bonds. The van der Waals surface area contributed by atoms with Gasteiger partial charge in [0.15, 0.2) is 0 Å². The minimum atomic E-state index is -1.17. The summed E-state index contributed by atoms with van der Waals surface area (Å²) in [5, 5.41) is 23.8. The Kier molecular flexibility index (Phi) is 4.98. The average molecular weight is 300 g/mol. The molecule has 0 aromatic heterocycles. The molecule has 114 valence electrons. The molecule has 2 aromatic carbocycles. The third kappa shape index (κ3) is 4.24. The highest BCUT2D eigenvalue weighted by Gasteiger charge is 2.21. The number of rotatable bonds is 5. The van der Waals surface area contributed by atoms with Crippen LogP contribution < -0.4 is 10.6 Å². The normalized spacial score (nSPS) is 11.5. The van der Waals surface area contributed by atoms with Crippen LogP contribution in [0.4, 0.5) is 10.5 Å². The number of para-hydroxylation sites is 2. The summed E-state index contributed by atoms with van der Waals surface area (Å²) in [5.74, 6) is -1.18. The van der Waals surface area contributed by atoms with Crippen LogP contribution in [-0.4, -0.2) is 28.3 Å². The number of carboxylic acids is 1. The Morgan fingerprint density at radius 2 is 1.64 bits per heavy atom. The van der Waals surface area contributed by atoms with Gasteiger partial charge in [-0.25, -0.2) is 9.59 Å². The van der Waals surface area contributed by atoms with E-state index in [9.17, 15) is 19.8 Å².